The number of hydrogen-bond acceptors (Lipinski definition) is 5. The highest BCUT2D eigenvalue weighted by Crippen LogP contribution is 2.30. The van der Waals surface area contributed by atoms with E-state index in [2.05, 4.69) is 10.1 Å². The molecule has 0 radical (unpaired) electrons. The second-order valence-electron chi connectivity index (χ2n) is 6.38. The minimum Gasteiger partial charge on any atom is -0.550 e. The lowest BCUT2D eigenvalue weighted by Gasteiger charge is -2.05. The number of rotatable bonds is 5. The average molecular weight is 411 g/mol. The summed E-state index contributed by atoms with van der Waals surface area (Å²) in [7, 11) is 0. The molecule has 0 atom stereocenters. The van der Waals surface area contributed by atoms with E-state index in [1.807, 2.05) is 6.07 Å². The highest BCUT2D eigenvalue weighted by molar-refractivity contribution is 6.31. The number of carboxylic acid groups (broad SMARTS) is 1. The van der Waals surface area contributed by atoms with Crippen LogP contribution in [0, 0.1) is 12.7 Å². The van der Waals surface area contributed by atoms with Crippen LogP contribution in [0.4, 0.5) is 4.39 Å². The van der Waals surface area contributed by atoms with Gasteiger partial charge in [0.2, 0.25) is 5.89 Å². The van der Waals surface area contributed by atoms with E-state index in [1.165, 1.54) is 16.8 Å². The van der Waals surface area contributed by atoms with Gasteiger partial charge in [0.15, 0.2) is 5.58 Å². The fourth-order valence-corrected chi connectivity index (χ4v) is 3.28. The molecule has 0 fully saturated rings. The minimum atomic E-state index is -1.28. The maximum Gasteiger partial charge on any atom is 0.223 e. The van der Waals surface area contributed by atoms with E-state index < -0.39 is 12.4 Å². The molecule has 0 aliphatic heterocycles. The maximum atomic E-state index is 13.2. The normalized spacial score (nSPS) is 11.9. The SMILES string of the molecule is Cc1nn(-c2ccc(F)cc2)c(Cl)c1/C=C(\CC(=O)[O-])c1nc2ccccc2o1. The topological polar surface area (TPSA) is 84.0 Å². The lowest BCUT2D eigenvalue weighted by atomic mass is 10.1. The largest absolute Gasteiger partial charge is 0.550 e. The standard InChI is InChI=1S/C21H15ClFN3O3/c1-12-16(20(22)26(25-12)15-8-6-14(23)7-9-15)10-13(11-19(27)28)21-24-17-4-2-3-5-18(17)29-21/h2-10H,11H2,1H3,(H,27,28)/p-1/b13-10+. The molecule has 0 bridgehead atoms. The van der Waals surface area contributed by atoms with Gasteiger partial charge in [0, 0.05) is 23.5 Å². The smallest absolute Gasteiger partial charge is 0.223 e. The van der Waals surface area contributed by atoms with Crippen LogP contribution in [0.15, 0.2) is 52.9 Å². The van der Waals surface area contributed by atoms with E-state index in [0.29, 0.717) is 33.6 Å². The van der Waals surface area contributed by atoms with Crippen molar-refractivity contribution in [2.24, 2.45) is 0 Å². The van der Waals surface area contributed by atoms with Crippen molar-refractivity contribution < 1.29 is 18.7 Å². The van der Waals surface area contributed by atoms with Gasteiger partial charge in [0.25, 0.3) is 0 Å². The third kappa shape index (κ3) is 3.77. The molecule has 0 N–H and O–H groups in total. The van der Waals surface area contributed by atoms with Crippen molar-refractivity contribution in [3.8, 4) is 5.69 Å². The Hall–Kier alpha value is -3.45. The van der Waals surface area contributed by atoms with Gasteiger partial charge in [-0.15, -0.1) is 0 Å². The molecule has 0 spiro atoms. The predicted molar refractivity (Wildman–Crippen MR) is 105 cm³/mol. The van der Waals surface area contributed by atoms with Crippen LogP contribution in [0.2, 0.25) is 5.15 Å². The van der Waals surface area contributed by atoms with E-state index in [0.717, 1.165) is 0 Å². The number of hydrogen-bond donors (Lipinski definition) is 0. The summed E-state index contributed by atoms with van der Waals surface area (Å²) in [5.41, 5.74) is 3.08. The first kappa shape index (κ1) is 18.9. The number of aryl methyl sites for hydroxylation is 1. The number of aliphatic carboxylic acids is 1. The molecule has 0 amide bonds. The maximum absolute atomic E-state index is 13.2. The molecule has 6 nitrogen and oxygen atoms in total. The summed E-state index contributed by atoms with van der Waals surface area (Å²) in [5.74, 6) is -1.49. The van der Waals surface area contributed by atoms with Gasteiger partial charge in [-0.1, -0.05) is 23.7 Å². The second kappa shape index (κ2) is 7.52. The van der Waals surface area contributed by atoms with Gasteiger partial charge in [-0.2, -0.15) is 5.10 Å². The molecule has 0 aliphatic carbocycles. The van der Waals surface area contributed by atoms with Crippen molar-refractivity contribution in [3.05, 3.63) is 76.6 Å². The van der Waals surface area contributed by atoms with Crippen LogP contribution < -0.4 is 5.11 Å². The monoisotopic (exact) mass is 410 g/mol. The molecule has 2 heterocycles. The summed E-state index contributed by atoms with van der Waals surface area (Å²) in [5, 5.41) is 15.9. The average Bonchev–Trinajstić information content (AvgIpc) is 3.24. The van der Waals surface area contributed by atoms with Crippen molar-refractivity contribution in [1.29, 1.82) is 0 Å². The summed E-state index contributed by atoms with van der Waals surface area (Å²) in [4.78, 5) is 15.7. The van der Waals surface area contributed by atoms with Gasteiger partial charge < -0.3 is 14.3 Å². The van der Waals surface area contributed by atoms with Gasteiger partial charge in [0.1, 0.15) is 16.5 Å². The molecule has 4 rings (SSSR count). The molecule has 0 aliphatic rings. The summed E-state index contributed by atoms with van der Waals surface area (Å²) in [6, 6.07) is 12.8. The quantitative estimate of drug-likeness (QED) is 0.499. The molecule has 2 aromatic heterocycles. The second-order valence-corrected chi connectivity index (χ2v) is 6.74. The molecule has 8 heteroatoms. The first-order valence-corrected chi connectivity index (χ1v) is 9.07. The van der Waals surface area contributed by atoms with Gasteiger partial charge in [-0.25, -0.2) is 14.1 Å². The van der Waals surface area contributed by atoms with E-state index in [9.17, 15) is 14.3 Å². The van der Waals surface area contributed by atoms with Crippen LogP contribution in [0.3, 0.4) is 0 Å². The summed E-state index contributed by atoms with van der Waals surface area (Å²) < 4.78 is 20.4. The molecule has 146 valence electrons. The van der Waals surface area contributed by atoms with Crippen molar-refractivity contribution in [1.82, 2.24) is 14.8 Å². The number of carboxylic acids is 1. The van der Waals surface area contributed by atoms with Gasteiger partial charge in [-0.05, 0) is 49.4 Å². The highest BCUT2D eigenvalue weighted by atomic mass is 35.5. The number of carbonyl (C=O) groups is 1. The molecule has 0 saturated carbocycles. The van der Waals surface area contributed by atoms with Crippen molar-refractivity contribution >= 4 is 40.3 Å². The van der Waals surface area contributed by atoms with Crippen LogP contribution in [0.5, 0.6) is 0 Å². The summed E-state index contributed by atoms with van der Waals surface area (Å²) >= 11 is 6.50. The number of oxazole rings is 1. The third-order valence-corrected chi connectivity index (χ3v) is 4.70. The Morgan fingerprint density at radius 2 is 1.97 bits per heavy atom. The summed E-state index contributed by atoms with van der Waals surface area (Å²) in [6.07, 6.45) is 1.16. The molecular weight excluding hydrogens is 397 g/mol. The number of benzene rings is 2. The van der Waals surface area contributed by atoms with Crippen molar-refractivity contribution in [3.63, 3.8) is 0 Å². The van der Waals surface area contributed by atoms with Crippen LogP contribution in [0.25, 0.3) is 28.4 Å². The van der Waals surface area contributed by atoms with Crippen LogP contribution >= 0.6 is 11.6 Å². The number of carbonyl (C=O) groups excluding carboxylic acids is 1. The molecule has 4 aromatic rings. The molecule has 0 unspecified atom stereocenters. The molecule has 29 heavy (non-hydrogen) atoms. The zero-order valence-electron chi connectivity index (χ0n) is 15.2. The predicted octanol–water partition coefficient (Wildman–Crippen LogP) is 3.80. The lowest BCUT2D eigenvalue weighted by Crippen LogP contribution is -2.22. The fraction of sp³-hybridized carbons (Fsp3) is 0.0952. The number of nitrogens with zero attached hydrogens (tertiary/aromatic N) is 3. The van der Waals surface area contributed by atoms with Crippen molar-refractivity contribution in [2.45, 2.75) is 13.3 Å². The van der Waals surface area contributed by atoms with E-state index >= 15 is 0 Å². The van der Waals surface area contributed by atoms with E-state index in [-0.39, 0.29) is 16.9 Å². The first-order chi connectivity index (χ1) is 13.9. The van der Waals surface area contributed by atoms with Crippen LogP contribution in [-0.4, -0.2) is 20.7 Å². The Labute approximate surface area is 169 Å². The van der Waals surface area contributed by atoms with E-state index in [4.69, 9.17) is 16.0 Å². The lowest BCUT2D eigenvalue weighted by molar-refractivity contribution is -0.304. The zero-order valence-corrected chi connectivity index (χ0v) is 16.0. The van der Waals surface area contributed by atoms with E-state index in [1.54, 1.807) is 43.3 Å². The minimum absolute atomic E-state index is 0.167. The number of halogens is 2. The number of fused-ring (bicyclic) bond motifs is 1. The Kier molecular flexibility index (Phi) is 4.90. The number of para-hydroxylation sites is 2. The molecule has 2 aromatic carbocycles. The Morgan fingerprint density at radius 3 is 2.66 bits per heavy atom. The molecular formula is C21H14ClFN3O3-. The molecule has 0 saturated heterocycles. The Bertz CT molecular complexity index is 1210. The fourth-order valence-electron chi connectivity index (χ4n) is 2.96. The highest BCUT2D eigenvalue weighted by Gasteiger charge is 2.17. The van der Waals surface area contributed by atoms with Gasteiger partial charge in [0.05, 0.1) is 11.4 Å². The Morgan fingerprint density at radius 1 is 1.24 bits per heavy atom. The van der Waals surface area contributed by atoms with Crippen molar-refractivity contribution in [2.75, 3.05) is 0 Å². The van der Waals surface area contributed by atoms with Gasteiger partial charge in [-0.3, -0.25) is 0 Å². The third-order valence-electron chi connectivity index (χ3n) is 4.34. The first-order valence-electron chi connectivity index (χ1n) is 8.70. The van der Waals surface area contributed by atoms with Crippen LogP contribution in [-0.2, 0) is 4.79 Å². The van der Waals surface area contributed by atoms with Gasteiger partial charge >= 0.3 is 0 Å². The Balaban J connectivity index is 1.82. The van der Waals surface area contributed by atoms with Crippen LogP contribution in [0.1, 0.15) is 23.6 Å². The number of aromatic nitrogens is 3. The summed E-state index contributed by atoms with van der Waals surface area (Å²) in [6.45, 7) is 1.74. The zero-order chi connectivity index (χ0) is 20.5.